The number of carboxylic acid groups (broad SMARTS) is 1. The standard InChI is InChI=1S/C32H42F3N3O5/c1-31(2,3)25-26(36-18-19-17-20(32(33,34)35)14-15-23(19)42-6)27(21-11-7-8-12-22(21)37(4)5)38(28(25)30(40)41)29(39)24-13-9-10-16-43-24/h7-8,11-12,14-15,17,24-28,36H,9-10,13,16,18H2,1-6H3,(H,40,41)/t24?,25-,26-,27-,28-/m1/s1. The van der Waals surface area contributed by atoms with Crippen molar-refractivity contribution in [1.29, 1.82) is 0 Å². The van der Waals surface area contributed by atoms with Crippen molar-refractivity contribution in [2.45, 2.75) is 77.0 Å². The first-order chi connectivity index (χ1) is 20.2. The SMILES string of the molecule is COc1ccc(C(F)(F)F)cc1CN[C@@H]1[C@@H](C(C)(C)C)[C@H](C(=O)O)N(C(=O)C2CCCCO2)[C@@H]1c1ccccc1N(C)C. The molecule has 2 fully saturated rings. The average Bonchev–Trinajstić information content (AvgIpc) is 3.31. The van der Waals surface area contributed by atoms with E-state index in [0.29, 0.717) is 13.0 Å². The molecule has 236 valence electrons. The van der Waals surface area contributed by atoms with E-state index in [4.69, 9.17) is 9.47 Å². The molecule has 2 N–H and O–H groups in total. The third-order valence-electron chi connectivity index (χ3n) is 8.50. The zero-order valence-electron chi connectivity index (χ0n) is 25.6. The van der Waals surface area contributed by atoms with E-state index >= 15 is 0 Å². The van der Waals surface area contributed by atoms with Crippen LogP contribution in [0.25, 0.3) is 0 Å². The van der Waals surface area contributed by atoms with Gasteiger partial charge in [-0.2, -0.15) is 13.2 Å². The fourth-order valence-corrected chi connectivity index (χ4v) is 6.62. The van der Waals surface area contributed by atoms with Crippen molar-refractivity contribution < 1.29 is 37.3 Å². The predicted molar refractivity (Wildman–Crippen MR) is 157 cm³/mol. The number of methoxy groups -OCH3 is 1. The van der Waals surface area contributed by atoms with Crippen LogP contribution in [0, 0.1) is 11.3 Å². The third kappa shape index (κ3) is 6.77. The molecule has 0 bridgehead atoms. The Kier molecular flexibility index (Phi) is 9.66. The first kappa shape index (κ1) is 32.6. The third-order valence-corrected chi connectivity index (χ3v) is 8.50. The normalized spacial score (nSPS) is 24.6. The maximum absolute atomic E-state index is 14.3. The van der Waals surface area contributed by atoms with E-state index in [-0.39, 0.29) is 23.8 Å². The van der Waals surface area contributed by atoms with Crippen molar-refractivity contribution in [3.63, 3.8) is 0 Å². The lowest BCUT2D eigenvalue weighted by Gasteiger charge is -2.36. The van der Waals surface area contributed by atoms with Crippen LogP contribution in [-0.2, 0) is 27.0 Å². The summed E-state index contributed by atoms with van der Waals surface area (Å²) in [4.78, 5) is 30.8. The molecule has 43 heavy (non-hydrogen) atoms. The van der Waals surface area contributed by atoms with Gasteiger partial charge in [-0.25, -0.2) is 4.79 Å². The van der Waals surface area contributed by atoms with E-state index in [1.807, 2.05) is 64.0 Å². The predicted octanol–water partition coefficient (Wildman–Crippen LogP) is 5.51. The van der Waals surface area contributed by atoms with Gasteiger partial charge in [0.1, 0.15) is 17.9 Å². The van der Waals surface area contributed by atoms with E-state index in [1.165, 1.54) is 18.1 Å². The van der Waals surface area contributed by atoms with Crippen LogP contribution in [0.3, 0.4) is 0 Å². The highest BCUT2D eigenvalue weighted by Gasteiger charge is 2.59. The van der Waals surface area contributed by atoms with Gasteiger partial charge < -0.3 is 29.7 Å². The number of hydrogen-bond donors (Lipinski definition) is 2. The zero-order valence-corrected chi connectivity index (χ0v) is 25.6. The molecule has 4 rings (SSSR count). The van der Waals surface area contributed by atoms with Crippen LogP contribution in [0.1, 0.15) is 62.8 Å². The second-order valence-electron chi connectivity index (χ2n) is 12.6. The fraction of sp³-hybridized carbons (Fsp3) is 0.562. The van der Waals surface area contributed by atoms with E-state index in [0.717, 1.165) is 36.2 Å². The molecule has 1 unspecified atom stereocenters. The summed E-state index contributed by atoms with van der Waals surface area (Å²) in [6, 6.07) is 8.19. The summed E-state index contributed by atoms with van der Waals surface area (Å²) >= 11 is 0. The lowest BCUT2D eigenvalue weighted by atomic mass is 9.72. The Balaban J connectivity index is 1.89. The highest BCUT2D eigenvalue weighted by Crippen LogP contribution is 2.50. The number of ether oxygens (including phenoxy) is 2. The summed E-state index contributed by atoms with van der Waals surface area (Å²) in [5.74, 6) is -1.87. The Bertz CT molecular complexity index is 1300. The van der Waals surface area contributed by atoms with E-state index < -0.39 is 53.3 Å². The molecule has 2 saturated heterocycles. The van der Waals surface area contributed by atoms with E-state index in [9.17, 15) is 27.9 Å². The molecule has 0 radical (unpaired) electrons. The Morgan fingerprint density at radius 2 is 1.81 bits per heavy atom. The number of amides is 1. The number of para-hydroxylation sites is 1. The molecule has 0 aliphatic carbocycles. The van der Waals surface area contributed by atoms with Crippen molar-refractivity contribution in [3.8, 4) is 5.75 Å². The number of rotatable bonds is 8. The summed E-state index contributed by atoms with van der Waals surface area (Å²) in [7, 11) is 5.13. The number of anilines is 1. The number of aliphatic carboxylic acids is 1. The monoisotopic (exact) mass is 605 g/mol. The Hall–Kier alpha value is -3.31. The van der Waals surface area contributed by atoms with E-state index in [1.54, 1.807) is 0 Å². The molecule has 1 amide bonds. The van der Waals surface area contributed by atoms with Crippen LogP contribution < -0.4 is 15.0 Å². The number of carbonyl (C=O) groups excluding carboxylic acids is 1. The fourth-order valence-electron chi connectivity index (χ4n) is 6.62. The highest BCUT2D eigenvalue weighted by atomic mass is 19.4. The lowest BCUT2D eigenvalue weighted by Crippen LogP contribution is -2.51. The number of nitrogens with one attached hydrogen (secondary N) is 1. The molecule has 2 aromatic rings. The number of halogens is 3. The van der Waals surface area contributed by atoms with Crippen molar-refractivity contribution in [1.82, 2.24) is 10.2 Å². The number of alkyl halides is 3. The largest absolute Gasteiger partial charge is 0.496 e. The minimum atomic E-state index is -4.55. The number of carboxylic acids is 1. The van der Waals surface area contributed by atoms with Gasteiger partial charge in [0.15, 0.2) is 0 Å². The molecule has 2 aliphatic heterocycles. The minimum absolute atomic E-state index is 0.0424. The molecule has 2 aliphatic rings. The Morgan fingerprint density at radius 3 is 2.37 bits per heavy atom. The number of benzene rings is 2. The van der Waals surface area contributed by atoms with Gasteiger partial charge in [0.05, 0.1) is 18.7 Å². The van der Waals surface area contributed by atoms with Crippen LogP contribution >= 0.6 is 0 Å². The summed E-state index contributed by atoms with van der Waals surface area (Å²) in [5, 5.41) is 14.1. The van der Waals surface area contributed by atoms with Crippen molar-refractivity contribution in [2.75, 3.05) is 32.7 Å². The van der Waals surface area contributed by atoms with Crippen LogP contribution in [0.2, 0.25) is 0 Å². The Labute approximate surface area is 251 Å². The quantitative estimate of drug-likeness (QED) is 0.410. The van der Waals surface area contributed by atoms with Crippen molar-refractivity contribution >= 4 is 17.6 Å². The van der Waals surface area contributed by atoms with Gasteiger partial charge in [-0.15, -0.1) is 0 Å². The highest BCUT2D eigenvalue weighted by molar-refractivity contribution is 5.88. The van der Waals surface area contributed by atoms with Crippen molar-refractivity contribution in [2.24, 2.45) is 11.3 Å². The second-order valence-corrected chi connectivity index (χ2v) is 12.6. The maximum Gasteiger partial charge on any atom is 0.416 e. The van der Waals surface area contributed by atoms with Crippen LogP contribution in [-0.4, -0.2) is 67.9 Å². The molecule has 8 nitrogen and oxygen atoms in total. The molecule has 2 heterocycles. The number of nitrogens with zero attached hydrogens (tertiary/aromatic N) is 2. The zero-order chi connectivity index (χ0) is 31.7. The molecule has 2 aromatic carbocycles. The van der Waals surface area contributed by atoms with Gasteiger partial charge >= 0.3 is 12.1 Å². The van der Waals surface area contributed by atoms with Crippen LogP contribution in [0.4, 0.5) is 18.9 Å². The van der Waals surface area contributed by atoms with Gasteiger partial charge in [0.25, 0.3) is 5.91 Å². The maximum atomic E-state index is 14.3. The molecule has 0 spiro atoms. The first-order valence-corrected chi connectivity index (χ1v) is 14.6. The van der Waals surface area contributed by atoms with Gasteiger partial charge in [-0.3, -0.25) is 4.79 Å². The first-order valence-electron chi connectivity index (χ1n) is 14.6. The number of carbonyl (C=O) groups is 2. The average molecular weight is 606 g/mol. The summed E-state index contributed by atoms with van der Waals surface area (Å²) in [6.07, 6.45) is -3.21. The summed E-state index contributed by atoms with van der Waals surface area (Å²) in [5.41, 5.74) is 0.386. The Morgan fingerprint density at radius 1 is 1.12 bits per heavy atom. The van der Waals surface area contributed by atoms with Gasteiger partial charge in [0.2, 0.25) is 0 Å². The van der Waals surface area contributed by atoms with Gasteiger partial charge in [-0.05, 0) is 54.5 Å². The van der Waals surface area contributed by atoms with Gasteiger partial charge in [0, 0.05) is 50.5 Å². The molecule has 5 atom stereocenters. The minimum Gasteiger partial charge on any atom is -0.496 e. The molecule has 0 aromatic heterocycles. The van der Waals surface area contributed by atoms with Crippen LogP contribution in [0.15, 0.2) is 42.5 Å². The second kappa shape index (κ2) is 12.7. The van der Waals surface area contributed by atoms with E-state index in [2.05, 4.69) is 5.32 Å². The molecule has 0 saturated carbocycles. The van der Waals surface area contributed by atoms with Crippen LogP contribution in [0.5, 0.6) is 5.75 Å². The smallest absolute Gasteiger partial charge is 0.416 e. The van der Waals surface area contributed by atoms with Gasteiger partial charge in [-0.1, -0.05) is 39.0 Å². The summed E-state index contributed by atoms with van der Waals surface area (Å²) in [6.45, 7) is 6.15. The topological polar surface area (TPSA) is 91.3 Å². The molecule has 11 heteroatoms. The summed E-state index contributed by atoms with van der Waals surface area (Å²) < 4.78 is 52.2. The lowest BCUT2D eigenvalue weighted by molar-refractivity contribution is -0.159. The molecular formula is C32H42F3N3O5. The number of likely N-dealkylation sites (tertiary alicyclic amines) is 1. The number of hydrogen-bond acceptors (Lipinski definition) is 6. The molecular weight excluding hydrogens is 563 g/mol. The van der Waals surface area contributed by atoms with Crippen molar-refractivity contribution in [3.05, 3.63) is 59.2 Å².